The molecule has 1 rings (SSSR count). The standard InChI is InChI=1S/C11H23N/c1-10-7-8-11(10)6-4-5-9-12(2)3/h10-11H,4-9H2,1-3H3/t10?,11-/m0/s1. The summed E-state index contributed by atoms with van der Waals surface area (Å²) in [7, 11) is 4.32. The smallest absolute Gasteiger partial charge is 0.00248 e. The highest BCUT2D eigenvalue weighted by Gasteiger charge is 2.25. The van der Waals surface area contributed by atoms with Gasteiger partial charge in [-0.3, -0.25) is 0 Å². The molecule has 72 valence electrons. The van der Waals surface area contributed by atoms with E-state index in [9.17, 15) is 0 Å². The van der Waals surface area contributed by atoms with Crippen molar-refractivity contribution < 1.29 is 0 Å². The molecule has 0 saturated heterocycles. The zero-order chi connectivity index (χ0) is 8.97. The lowest BCUT2D eigenvalue weighted by Crippen LogP contribution is -2.23. The summed E-state index contributed by atoms with van der Waals surface area (Å²) in [5.74, 6) is 2.11. The van der Waals surface area contributed by atoms with Crippen LogP contribution in [-0.4, -0.2) is 25.5 Å². The molecule has 0 radical (unpaired) electrons. The maximum atomic E-state index is 2.40. The van der Waals surface area contributed by atoms with Crippen molar-refractivity contribution in [3.63, 3.8) is 0 Å². The number of hydrogen-bond acceptors (Lipinski definition) is 1. The quantitative estimate of drug-likeness (QED) is 0.572. The van der Waals surface area contributed by atoms with Gasteiger partial charge in [-0.05, 0) is 45.3 Å². The van der Waals surface area contributed by atoms with Crippen LogP contribution in [0.2, 0.25) is 0 Å². The first kappa shape index (κ1) is 10.0. The number of nitrogens with zero attached hydrogens (tertiary/aromatic N) is 1. The number of rotatable bonds is 5. The van der Waals surface area contributed by atoms with Crippen molar-refractivity contribution in [1.29, 1.82) is 0 Å². The number of unbranched alkanes of at least 4 members (excludes halogenated alkanes) is 1. The molecule has 0 bridgehead atoms. The lowest BCUT2D eigenvalue weighted by molar-refractivity contribution is 0.177. The summed E-state index contributed by atoms with van der Waals surface area (Å²) in [6.07, 6.45) is 7.29. The van der Waals surface area contributed by atoms with Crippen LogP contribution >= 0.6 is 0 Å². The summed E-state index contributed by atoms with van der Waals surface area (Å²) in [6.45, 7) is 3.67. The Hall–Kier alpha value is -0.0400. The van der Waals surface area contributed by atoms with Gasteiger partial charge in [0.25, 0.3) is 0 Å². The van der Waals surface area contributed by atoms with Gasteiger partial charge in [0.1, 0.15) is 0 Å². The van der Waals surface area contributed by atoms with Crippen LogP contribution in [-0.2, 0) is 0 Å². The molecule has 0 heterocycles. The van der Waals surface area contributed by atoms with E-state index in [2.05, 4.69) is 25.9 Å². The van der Waals surface area contributed by atoms with Gasteiger partial charge in [-0.2, -0.15) is 0 Å². The zero-order valence-corrected chi connectivity index (χ0v) is 8.84. The Morgan fingerprint density at radius 3 is 2.33 bits per heavy atom. The van der Waals surface area contributed by atoms with Crippen LogP contribution in [0.5, 0.6) is 0 Å². The molecule has 1 nitrogen and oxygen atoms in total. The maximum Gasteiger partial charge on any atom is -0.00248 e. The molecule has 1 heteroatoms. The molecule has 0 aromatic carbocycles. The third kappa shape index (κ3) is 3.14. The largest absolute Gasteiger partial charge is 0.309 e. The summed E-state index contributed by atoms with van der Waals surface area (Å²) >= 11 is 0. The Bertz CT molecular complexity index is 120. The normalized spacial score (nSPS) is 29.0. The molecule has 1 fully saturated rings. The molecular weight excluding hydrogens is 146 g/mol. The second-order valence-corrected chi connectivity index (χ2v) is 4.61. The van der Waals surface area contributed by atoms with Gasteiger partial charge in [-0.1, -0.05) is 26.2 Å². The predicted molar refractivity (Wildman–Crippen MR) is 54.3 cm³/mol. The molecule has 12 heavy (non-hydrogen) atoms. The van der Waals surface area contributed by atoms with Gasteiger partial charge < -0.3 is 4.90 Å². The third-order valence-electron chi connectivity index (χ3n) is 3.23. The van der Waals surface area contributed by atoms with E-state index in [1.807, 2.05) is 0 Å². The molecule has 1 aliphatic carbocycles. The fourth-order valence-corrected chi connectivity index (χ4v) is 2.00. The second-order valence-electron chi connectivity index (χ2n) is 4.61. The van der Waals surface area contributed by atoms with Gasteiger partial charge in [-0.25, -0.2) is 0 Å². The average Bonchev–Trinajstić information content (AvgIpc) is 2.01. The first-order chi connectivity index (χ1) is 5.70. The summed E-state index contributed by atoms with van der Waals surface area (Å²) in [6, 6.07) is 0. The van der Waals surface area contributed by atoms with Crippen molar-refractivity contribution in [2.24, 2.45) is 11.8 Å². The molecule has 0 amide bonds. The van der Waals surface area contributed by atoms with Gasteiger partial charge in [0.05, 0.1) is 0 Å². The molecule has 0 aromatic heterocycles. The summed E-state index contributed by atoms with van der Waals surface area (Å²) in [4.78, 5) is 2.28. The van der Waals surface area contributed by atoms with E-state index < -0.39 is 0 Å². The molecule has 1 aliphatic rings. The summed E-state index contributed by atoms with van der Waals surface area (Å²) < 4.78 is 0. The molecule has 1 unspecified atom stereocenters. The fraction of sp³-hybridized carbons (Fsp3) is 1.00. The van der Waals surface area contributed by atoms with Crippen molar-refractivity contribution in [2.75, 3.05) is 20.6 Å². The average molecular weight is 169 g/mol. The molecule has 0 spiro atoms. The van der Waals surface area contributed by atoms with Crippen LogP contribution < -0.4 is 0 Å². The van der Waals surface area contributed by atoms with Crippen LogP contribution in [0.15, 0.2) is 0 Å². The Balaban J connectivity index is 1.89. The third-order valence-corrected chi connectivity index (χ3v) is 3.23. The van der Waals surface area contributed by atoms with E-state index in [0.29, 0.717) is 0 Å². The SMILES string of the molecule is CC1CC[C@@H]1CCCCN(C)C. The lowest BCUT2D eigenvalue weighted by Gasteiger charge is -2.33. The van der Waals surface area contributed by atoms with Crippen molar-refractivity contribution >= 4 is 0 Å². The Labute approximate surface area is 77.1 Å². The topological polar surface area (TPSA) is 3.24 Å². The number of hydrogen-bond donors (Lipinski definition) is 0. The van der Waals surface area contributed by atoms with Gasteiger partial charge in [0, 0.05) is 0 Å². The molecule has 0 aromatic rings. The minimum absolute atomic E-state index is 1.03. The van der Waals surface area contributed by atoms with E-state index in [1.165, 1.54) is 38.6 Å². The van der Waals surface area contributed by atoms with Crippen molar-refractivity contribution in [1.82, 2.24) is 4.90 Å². The van der Waals surface area contributed by atoms with Gasteiger partial charge >= 0.3 is 0 Å². The van der Waals surface area contributed by atoms with E-state index >= 15 is 0 Å². The minimum Gasteiger partial charge on any atom is -0.309 e. The van der Waals surface area contributed by atoms with Crippen molar-refractivity contribution in [3.8, 4) is 0 Å². The van der Waals surface area contributed by atoms with Gasteiger partial charge in [0.2, 0.25) is 0 Å². The molecule has 0 N–H and O–H groups in total. The van der Waals surface area contributed by atoms with Gasteiger partial charge in [-0.15, -0.1) is 0 Å². The van der Waals surface area contributed by atoms with E-state index in [-0.39, 0.29) is 0 Å². The van der Waals surface area contributed by atoms with Crippen LogP contribution in [0.4, 0.5) is 0 Å². The predicted octanol–water partition coefficient (Wildman–Crippen LogP) is 2.76. The monoisotopic (exact) mass is 169 g/mol. The molecule has 0 aliphatic heterocycles. The first-order valence-electron chi connectivity index (χ1n) is 5.35. The zero-order valence-electron chi connectivity index (χ0n) is 8.84. The minimum atomic E-state index is 1.03. The molecule has 1 saturated carbocycles. The Kier molecular flexibility index (Phi) is 4.07. The van der Waals surface area contributed by atoms with E-state index in [0.717, 1.165) is 11.8 Å². The highest BCUT2D eigenvalue weighted by molar-refractivity contribution is 4.76. The maximum absolute atomic E-state index is 2.40. The van der Waals surface area contributed by atoms with E-state index in [4.69, 9.17) is 0 Å². The highest BCUT2D eigenvalue weighted by atomic mass is 15.0. The second kappa shape index (κ2) is 4.86. The van der Waals surface area contributed by atoms with Crippen LogP contribution in [0, 0.1) is 11.8 Å². The first-order valence-corrected chi connectivity index (χ1v) is 5.35. The van der Waals surface area contributed by atoms with Crippen LogP contribution in [0.3, 0.4) is 0 Å². The van der Waals surface area contributed by atoms with Crippen LogP contribution in [0.25, 0.3) is 0 Å². The summed E-state index contributed by atoms with van der Waals surface area (Å²) in [5.41, 5.74) is 0. The lowest BCUT2D eigenvalue weighted by atomic mass is 9.72. The van der Waals surface area contributed by atoms with Crippen molar-refractivity contribution in [3.05, 3.63) is 0 Å². The van der Waals surface area contributed by atoms with Gasteiger partial charge in [0.15, 0.2) is 0 Å². The summed E-state index contributed by atoms with van der Waals surface area (Å²) in [5, 5.41) is 0. The Morgan fingerprint density at radius 1 is 1.17 bits per heavy atom. The highest BCUT2D eigenvalue weighted by Crippen LogP contribution is 2.37. The van der Waals surface area contributed by atoms with E-state index in [1.54, 1.807) is 0 Å². The molecular formula is C11H23N. The molecule has 2 atom stereocenters. The Morgan fingerprint density at radius 2 is 1.92 bits per heavy atom. The van der Waals surface area contributed by atoms with Crippen LogP contribution in [0.1, 0.15) is 39.0 Å². The fourth-order valence-electron chi connectivity index (χ4n) is 2.00. The van der Waals surface area contributed by atoms with Crippen molar-refractivity contribution in [2.45, 2.75) is 39.0 Å².